The van der Waals surface area contributed by atoms with Crippen LogP contribution in [0.15, 0.2) is 42.7 Å². The maximum Gasteiger partial charge on any atom is 0.416 e. The molecule has 140 valence electrons. The summed E-state index contributed by atoms with van der Waals surface area (Å²) in [4.78, 5) is 20.4. The van der Waals surface area contributed by atoms with E-state index >= 15 is 0 Å². The molecule has 4 rings (SSSR count). The minimum absolute atomic E-state index is 0.211. The van der Waals surface area contributed by atoms with Crippen LogP contribution >= 0.6 is 0 Å². The highest BCUT2D eigenvalue weighted by molar-refractivity contribution is 5.93. The first-order valence-electron chi connectivity index (χ1n) is 8.27. The fraction of sp³-hybridized carbons (Fsp3) is 0.278. The van der Waals surface area contributed by atoms with E-state index in [1.54, 1.807) is 18.3 Å². The number of hydrogen-bond acceptors (Lipinski definition) is 4. The summed E-state index contributed by atoms with van der Waals surface area (Å²) in [6.07, 6.45) is -1.39. The SMILES string of the molecule is O=C(NC[C@H]1COCc2nc3cc(C(F)(F)F)ccc3n21)c1cccnc1. The lowest BCUT2D eigenvalue weighted by atomic mass is 10.2. The van der Waals surface area contributed by atoms with Crippen molar-refractivity contribution in [1.29, 1.82) is 0 Å². The van der Waals surface area contributed by atoms with Gasteiger partial charge in [0.2, 0.25) is 0 Å². The lowest BCUT2D eigenvalue weighted by Gasteiger charge is -2.26. The van der Waals surface area contributed by atoms with Gasteiger partial charge in [-0.25, -0.2) is 4.98 Å². The van der Waals surface area contributed by atoms with Gasteiger partial charge in [0, 0.05) is 18.9 Å². The molecule has 0 saturated heterocycles. The summed E-state index contributed by atoms with van der Waals surface area (Å²) in [7, 11) is 0. The van der Waals surface area contributed by atoms with Crippen LogP contribution in [-0.4, -0.2) is 33.6 Å². The minimum atomic E-state index is -4.42. The van der Waals surface area contributed by atoms with Crippen molar-refractivity contribution < 1.29 is 22.7 Å². The van der Waals surface area contributed by atoms with Crippen LogP contribution in [-0.2, 0) is 17.5 Å². The van der Waals surface area contributed by atoms with Crippen LogP contribution in [0.4, 0.5) is 13.2 Å². The zero-order chi connectivity index (χ0) is 19.0. The molecule has 1 aliphatic heterocycles. The number of amides is 1. The third-order valence-corrected chi connectivity index (χ3v) is 4.42. The number of benzene rings is 1. The fourth-order valence-corrected chi connectivity index (χ4v) is 3.15. The number of nitrogens with one attached hydrogen (secondary N) is 1. The molecule has 1 aliphatic rings. The molecule has 2 aromatic heterocycles. The average molecular weight is 376 g/mol. The molecule has 0 spiro atoms. The van der Waals surface area contributed by atoms with Gasteiger partial charge in [0.1, 0.15) is 12.4 Å². The van der Waals surface area contributed by atoms with Gasteiger partial charge in [-0.15, -0.1) is 0 Å². The number of rotatable bonds is 3. The fourth-order valence-electron chi connectivity index (χ4n) is 3.15. The molecule has 0 saturated carbocycles. The Labute approximate surface area is 152 Å². The summed E-state index contributed by atoms with van der Waals surface area (Å²) in [5.74, 6) is 0.259. The van der Waals surface area contributed by atoms with E-state index in [0.717, 1.165) is 12.1 Å². The largest absolute Gasteiger partial charge is 0.416 e. The van der Waals surface area contributed by atoms with Crippen molar-refractivity contribution >= 4 is 16.9 Å². The van der Waals surface area contributed by atoms with Crippen LogP contribution in [0.1, 0.15) is 27.8 Å². The predicted molar refractivity (Wildman–Crippen MR) is 90.0 cm³/mol. The van der Waals surface area contributed by atoms with Crippen molar-refractivity contribution in [1.82, 2.24) is 19.9 Å². The number of carbonyl (C=O) groups is 1. The number of pyridine rings is 1. The number of carbonyl (C=O) groups excluding carboxylic acids is 1. The van der Waals surface area contributed by atoms with E-state index in [1.165, 1.54) is 12.3 Å². The van der Waals surface area contributed by atoms with Gasteiger partial charge in [-0.05, 0) is 30.3 Å². The maximum atomic E-state index is 12.9. The highest BCUT2D eigenvalue weighted by Gasteiger charge is 2.32. The first-order chi connectivity index (χ1) is 12.9. The number of halogens is 3. The van der Waals surface area contributed by atoms with E-state index < -0.39 is 11.7 Å². The van der Waals surface area contributed by atoms with Crippen LogP contribution in [0, 0.1) is 0 Å². The monoisotopic (exact) mass is 376 g/mol. The van der Waals surface area contributed by atoms with Gasteiger partial charge in [0.25, 0.3) is 5.91 Å². The molecule has 1 amide bonds. The van der Waals surface area contributed by atoms with Crippen LogP contribution in [0.25, 0.3) is 11.0 Å². The molecule has 1 atom stereocenters. The quantitative estimate of drug-likeness (QED) is 0.763. The van der Waals surface area contributed by atoms with Gasteiger partial charge < -0.3 is 14.6 Å². The van der Waals surface area contributed by atoms with E-state index in [1.807, 2.05) is 4.57 Å². The van der Waals surface area contributed by atoms with Gasteiger partial charge in [-0.2, -0.15) is 13.2 Å². The summed E-state index contributed by atoms with van der Waals surface area (Å²) in [5.41, 5.74) is 0.531. The zero-order valence-electron chi connectivity index (χ0n) is 14.0. The Morgan fingerprint density at radius 3 is 2.93 bits per heavy atom. The first-order valence-corrected chi connectivity index (χ1v) is 8.27. The first kappa shape index (κ1) is 17.5. The third-order valence-electron chi connectivity index (χ3n) is 4.42. The molecule has 3 heterocycles. The Hall–Kier alpha value is -2.94. The molecular formula is C18H15F3N4O2. The van der Waals surface area contributed by atoms with Gasteiger partial charge in [0.05, 0.1) is 34.8 Å². The second-order valence-electron chi connectivity index (χ2n) is 6.22. The van der Waals surface area contributed by atoms with Gasteiger partial charge in [-0.3, -0.25) is 9.78 Å². The Balaban J connectivity index is 1.60. The van der Waals surface area contributed by atoms with Crippen molar-refractivity contribution in [3.05, 3.63) is 59.7 Å². The molecule has 0 aliphatic carbocycles. The molecule has 0 unspecified atom stereocenters. The average Bonchev–Trinajstić information content (AvgIpc) is 3.04. The third kappa shape index (κ3) is 3.37. The van der Waals surface area contributed by atoms with E-state index in [9.17, 15) is 18.0 Å². The Morgan fingerprint density at radius 2 is 2.19 bits per heavy atom. The summed E-state index contributed by atoms with van der Waals surface area (Å²) in [6.45, 7) is 0.795. The van der Waals surface area contributed by atoms with Crippen LogP contribution < -0.4 is 5.32 Å². The molecule has 27 heavy (non-hydrogen) atoms. The number of nitrogens with zero attached hydrogens (tertiary/aromatic N) is 3. The van der Waals surface area contributed by atoms with Crippen molar-refractivity contribution in [2.45, 2.75) is 18.8 Å². The molecule has 9 heteroatoms. The van der Waals surface area contributed by atoms with Crippen molar-refractivity contribution in [2.75, 3.05) is 13.2 Å². The van der Waals surface area contributed by atoms with Crippen molar-refractivity contribution in [3.63, 3.8) is 0 Å². The minimum Gasteiger partial charge on any atom is -0.371 e. The molecule has 0 bridgehead atoms. The van der Waals surface area contributed by atoms with E-state index in [2.05, 4.69) is 15.3 Å². The summed E-state index contributed by atoms with van der Waals surface area (Å²) >= 11 is 0. The van der Waals surface area contributed by atoms with Crippen LogP contribution in [0.2, 0.25) is 0 Å². The zero-order valence-corrected chi connectivity index (χ0v) is 14.0. The Morgan fingerprint density at radius 1 is 1.33 bits per heavy atom. The van der Waals surface area contributed by atoms with Crippen LogP contribution in [0.3, 0.4) is 0 Å². The molecule has 3 aromatic rings. The summed E-state index contributed by atoms with van der Waals surface area (Å²) in [6, 6.07) is 6.53. The Bertz CT molecular complexity index is 985. The topological polar surface area (TPSA) is 69.0 Å². The molecule has 1 N–H and O–H groups in total. The molecule has 0 fully saturated rings. The second-order valence-corrected chi connectivity index (χ2v) is 6.22. The maximum absolute atomic E-state index is 12.9. The van der Waals surface area contributed by atoms with Gasteiger partial charge in [-0.1, -0.05) is 0 Å². The molecular weight excluding hydrogens is 361 g/mol. The highest BCUT2D eigenvalue weighted by Crippen LogP contribution is 2.33. The molecule has 0 radical (unpaired) electrons. The van der Waals surface area contributed by atoms with Crippen molar-refractivity contribution in [3.8, 4) is 0 Å². The van der Waals surface area contributed by atoms with E-state index in [0.29, 0.717) is 23.5 Å². The smallest absolute Gasteiger partial charge is 0.371 e. The Kier molecular flexibility index (Phi) is 4.31. The lowest BCUT2D eigenvalue weighted by Crippen LogP contribution is -2.35. The number of imidazole rings is 1. The standard InChI is InChI=1S/C18H15F3N4O2/c19-18(20,21)12-3-4-15-14(6-12)24-16-10-27-9-13(25(15)16)8-23-17(26)11-2-1-5-22-7-11/h1-7,13H,8-10H2,(H,23,26)/t13-/m0/s1. The predicted octanol–water partition coefficient (Wildman–Crippen LogP) is 2.95. The second kappa shape index (κ2) is 6.66. The summed E-state index contributed by atoms with van der Waals surface area (Å²) < 4.78 is 46.1. The van der Waals surface area contributed by atoms with Crippen LogP contribution in [0.5, 0.6) is 0 Å². The number of fused-ring (bicyclic) bond motifs is 3. The number of ether oxygens (including phenoxy) is 1. The van der Waals surface area contributed by atoms with E-state index in [-0.39, 0.29) is 30.6 Å². The number of alkyl halides is 3. The van der Waals surface area contributed by atoms with Crippen molar-refractivity contribution in [2.24, 2.45) is 0 Å². The highest BCUT2D eigenvalue weighted by atomic mass is 19.4. The number of aromatic nitrogens is 3. The van der Waals surface area contributed by atoms with E-state index in [4.69, 9.17) is 4.74 Å². The summed E-state index contributed by atoms with van der Waals surface area (Å²) in [5, 5.41) is 2.81. The number of hydrogen-bond donors (Lipinski definition) is 1. The molecule has 6 nitrogen and oxygen atoms in total. The lowest BCUT2D eigenvalue weighted by molar-refractivity contribution is -0.137. The van der Waals surface area contributed by atoms with Gasteiger partial charge in [0.15, 0.2) is 0 Å². The normalized spacial score (nSPS) is 16.9. The molecule has 1 aromatic carbocycles. The van der Waals surface area contributed by atoms with Gasteiger partial charge >= 0.3 is 6.18 Å².